The number of aromatic nitrogens is 1. The van der Waals surface area contributed by atoms with E-state index < -0.39 is 0 Å². The van der Waals surface area contributed by atoms with Gasteiger partial charge in [-0.2, -0.15) is 5.10 Å². The number of nitrogens with one attached hydrogen (secondary N) is 1. The van der Waals surface area contributed by atoms with Crippen LogP contribution >= 0.6 is 39.1 Å². The summed E-state index contributed by atoms with van der Waals surface area (Å²) in [5, 5.41) is 5.21. The van der Waals surface area contributed by atoms with Crippen molar-refractivity contribution in [3.05, 3.63) is 134 Å². The highest BCUT2D eigenvalue weighted by Crippen LogP contribution is 2.37. The number of aryl methyl sites for hydroxylation is 1. The van der Waals surface area contributed by atoms with Gasteiger partial charge in [-0.25, -0.2) is 5.43 Å². The normalized spacial score (nSPS) is 11.1. The van der Waals surface area contributed by atoms with Crippen LogP contribution in [-0.2, 0) is 6.61 Å². The number of hydrogen-bond acceptors (Lipinski definition) is 4. The van der Waals surface area contributed by atoms with Crippen molar-refractivity contribution in [2.24, 2.45) is 5.10 Å². The number of rotatable bonds is 9. The van der Waals surface area contributed by atoms with Crippen molar-refractivity contribution < 1.29 is 14.3 Å². The predicted molar refractivity (Wildman–Crippen MR) is 172 cm³/mol. The largest absolute Gasteiger partial charge is 0.493 e. The van der Waals surface area contributed by atoms with E-state index in [1.807, 2.05) is 42.5 Å². The summed E-state index contributed by atoms with van der Waals surface area (Å²) in [5.41, 5.74) is 8.84. The molecule has 9 heteroatoms. The molecular weight excluding hydrogens is 637 g/mol. The van der Waals surface area contributed by atoms with E-state index in [1.165, 1.54) is 6.21 Å². The smallest absolute Gasteiger partial charge is 0.271 e. The van der Waals surface area contributed by atoms with Crippen molar-refractivity contribution in [2.45, 2.75) is 13.5 Å². The van der Waals surface area contributed by atoms with Gasteiger partial charge in [0.25, 0.3) is 5.91 Å². The van der Waals surface area contributed by atoms with Crippen LogP contribution in [0.25, 0.3) is 16.9 Å². The van der Waals surface area contributed by atoms with Gasteiger partial charge in [-0.15, -0.1) is 0 Å². The molecule has 0 spiro atoms. The molecule has 0 saturated heterocycles. The molecule has 42 heavy (non-hydrogen) atoms. The Hall–Kier alpha value is -4.04. The highest BCUT2D eigenvalue weighted by atomic mass is 79.9. The van der Waals surface area contributed by atoms with E-state index in [1.54, 1.807) is 37.4 Å². The Morgan fingerprint density at radius 3 is 2.45 bits per heavy atom. The molecule has 0 aliphatic rings. The second-order valence-corrected chi connectivity index (χ2v) is 11.1. The zero-order valence-electron chi connectivity index (χ0n) is 22.8. The van der Waals surface area contributed by atoms with Gasteiger partial charge in [0.15, 0.2) is 11.5 Å². The summed E-state index contributed by atoms with van der Waals surface area (Å²) in [5.74, 6) is 0.683. The number of carbonyl (C=O) groups excluding carboxylic acids is 1. The van der Waals surface area contributed by atoms with Crippen LogP contribution in [0.5, 0.6) is 11.5 Å². The molecule has 0 fully saturated rings. The maximum atomic E-state index is 12.8. The molecule has 212 valence electrons. The second kappa shape index (κ2) is 13.3. The first-order valence-corrected chi connectivity index (χ1v) is 14.5. The molecule has 0 saturated carbocycles. The third-order valence-electron chi connectivity index (χ3n) is 6.55. The Balaban J connectivity index is 1.25. The lowest BCUT2D eigenvalue weighted by molar-refractivity contribution is 0.0955. The third-order valence-corrected chi connectivity index (χ3v) is 7.73. The topological polar surface area (TPSA) is 64.8 Å². The molecule has 1 heterocycles. The number of nitrogens with zero attached hydrogens (tertiary/aromatic N) is 2. The predicted octanol–water partition coefficient (Wildman–Crippen LogP) is 8.87. The molecule has 5 aromatic rings. The standard InChI is InChI=1S/C33H26BrCl2N3O3/c1-21-8-15-30(23-6-4-3-5-7-23)39(21)27-13-10-24(11-14-27)33(40)38-37-19-22-16-28(34)32(31(17-22)41-2)42-20-25-9-12-26(35)18-29(25)36/h3-19H,20H2,1-2H3,(H,38,40)/b37-19+. The average molecular weight is 663 g/mol. The van der Waals surface area contributed by atoms with E-state index in [4.69, 9.17) is 32.7 Å². The summed E-state index contributed by atoms with van der Waals surface area (Å²) in [4.78, 5) is 12.8. The summed E-state index contributed by atoms with van der Waals surface area (Å²) in [6.45, 7) is 2.29. The van der Waals surface area contributed by atoms with E-state index in [0.717, 1.165) is 28.2 Å². The Morgan fingerprint density at radius 2 is 1.74 bits per heavy atom. The van der Waals surface area contributed by atoms with E-state index in [0.29, 0.717) is 37.1 Å². The van der Waals surface area contributed by atoms with Gasteiger partial charge >= 0.3 is 0 Å². The minimum absolute atomic E-state index is 0.227. The Kier molecular flexibility index (Phi) is 9.32. The molecule has 0 aliphatic heterocycles. The fourth-order valence-electron chi connectivity index (χ4n) is 4.45. The van der Waals surface area contributed by atoms with Crippen LogP contribution in [0.15, 0.2) is 107 Å². The molecule has 0 unspecified atom stereocenters. The highest BCUT2D eigenvalue weighted by molar-refractivity contribution is 9.10. The van der Waals surface area contributed by atoms with Gasteiger partial charge in [0.05, 0.1) is 23.5 Å². The van der Waals surface area contributed by atoms with Crippen LogP contribution in [0.3, 0.4) is 0 Å². The molecule has 1 aromatic heterocycles. The number of benzene rings is 4. The fourth-order valence-corrected chi connectivity index (χ4v) is 5.49. The maximum Gasteiger partial charge on any atom is 0.271 e. The van der Waals surface area contributed by atoms with Crippen LogP contribution in [0.1, 0.15) is 27.2 Å². The van der Waals surface area contributed by atoms with Gasteiger partial charge in [0.1, 0.15) is 6.61 Å². The number of hydrogen-bond donors (Lipinski definition) is 1. The maximum absolute atomic E-state index is 12.8. The quantitative estimate of drug-likeness (QED) is 0.127. The number of ether oxygens (including phenoxy) is 2. The second-order valence-electron chi connectivity index (χ2n) is 9.37. The minimum Gasteiger partial charge on any atom is -0.493 e. The monoisotopic (exact) mass is 661 g/mol. The summed E-state index contributed by atoms with van der Waals surface area (Å²) >= 11 is 15.8. The molecule has 6 nitrogen and oxygen atoms in total. The highest BCUT2D eigenvalue weighted by Gasteiger charge is 2.14. The van der Waals surface area contributed by atoms with Crippen molar-refractivity contribution in [3.63, 3.8) is 0 Å². The first-order valence-electron chi connectivity index (χ1n) is 13.0. The first kappa shape index (κ1) is 29.5. The SMILES string of the molecule is COc1cc(/C=N/NC(=O)c2ccc(-n3c(C)ccc3-c3ccccc3)cc2)cc(Br)c1OCc1ccc(Cl)cc1Cl. The molecule has 0 atom stereocenters. The van der Waals surface area contributed by atoms with Gasteiger partial charge in [0.2, 0.25) is 0 Å². The van der Waals surface area contributed by atoms with Gasteiger partial charge in [-0.1, -0.05) is 59.6 Å². The number of amides is 1. The number of halogens is 3. The molecule has 1 N–H and O–H groups in total. The summed E-state index contributed by atoms with van der Waals surface area (Å²) in [7, 11) is 1.55. The van der Waals surface area contributed by atoms with Gasteiger partial charge < -0.3 is 14.0 Å². The van der Waals surface area contributed by atoms with Crippen LogP contribution in [-0.4, -0.2) is 23.8 Å². The van der Waals surface area contributed by atoms with Gasteiger partial charge in [0, 0.05) is 32.6 Å². The van der Waals surface area contributed by atoms with Crippen LogP contribution < -0.4 is 14.9 Å². The molecule has 0 radical (unpaired) electrons. The Labute approximate surface area is 262 Å². The van der Waals surface area contributed by atoms with Crippen LogP contribution in [0, 0.1) is 6.92 Å². The van der Waals surface area contributed by atoms with Crippen molar-refractivity contribution in [2.75, 3.05) is 7.11 Å². The molecular formula is C33H26BrCl2N3O3. The zero-order chi connectivity index (χ0) is 29.6. The van der Waals surface area contributed by atoms with Gasteiger partial charge in [-0.05, 0) is 94.6 Å². The fraction of sp³-hybridized carbons (Fsp3) is 0.0909. The van der Waals surface area contributed by atoms with Crippen LogP contribution in [0.2, 0.25) is 10.0 Å². The lowest BCUT2D eigenvalue weighted by Gasteiger charge is -2.14. The summed E-state index contributed by atoms with van der Waals surface area (Å²) < 4.78 is 14.3. The van der Waals surface area contributed by atoms with Crippen molar-refractivity contribution in [1.82, 2.24) is 9.99 Å². The summed E-state index contributed by atoms with van der Waals surface area (Å²) in [6, 6.07) is 30.6. The van der Waals surface area contributed by atoms with E-state index in [-0.39, 0.29) is 12.5 Å². The van der Waals surface area contributed by atoms with Crippen molar-refractivity contribution in [3.8, 4) is 28.4 Å². The van der Waals surface area contributed by atoms with Crippen molar-refractivity contribution >= 4 is 51.3 Å². The molecule has 0 bridgehead atoms. The number of carbonyl (C=O) groups is 1. The molecule has 0 aliphatic carbocycles. The number of hydrazone groups is 1. The third kappa shape index (κ3) is 6.71. The summed E-state index contributed by atoms with van der Waals surface area (Å²) in [6.07, 6.45) is 1.54. The van der Waals surface area contributed by atoms with Crippen molar-refractivity contribution in [1.29, 1.82) is 0 Å². The van der Waals surface area contributed by atoms with Gasteiger partial charge in [-0.3, -0.25) is 4.79 Å². The lowest BCUT2D eigenvalue weighted by atomic mass is 10.1. The average Bonchev–Trinajstić information content (AvgIpc) is 3.38. The van der Waals surface area contributed by atoms with E-state index >= 15 is 0 Å². The molecule has 5 rings (SSSR count). The first-order chi connectivity index (χ1) is 20.3. The molecule has 4 aromatic carbocycles. The minimum atomic E-state index is -0.323. The number of methoxy groups -OCH3 is 1. The molecule has 1 amide bonds. The lowest BCUT2D eigenvalue weighted by Crippen LogP contribution is -2.17. The Morgan fingerprint density at radius 1 is 0.976 bits per heavy atom. The van der Waals surface area contributed by atoms with Crippen LogP contribution in [0.4, 0.5) is 0 Å². The zero-order valence-corrected chi connectivity index (χ0v) is 25.9. The Bertz CT molecular complexity index is 1750. The van der Waals surface area contributed by atoms with E-state index in [9.17, 15) is 4.79 Å². The van der Waals surface area contributed by atoms with E-state index in [2.05, 4.69) is 62.2 Å².